The van der Waals surface area contributed by atoms with Gasteiger partial charge in [0.2, 0.25) is 11.8 Å². The average Bonchev–Trinajstić information content (AvgIpc) is 3.22. The van der Waals surface area contributed by atoms with Gasteiger partial charge in [-0.2, -0.15) is 0 Å². The fourth-order valence-corrected chi connectivity index (χ4v) is 3.67. The molecule has 6 nitrogen and oxygen atoms in total. The number of nitrogens with one attached hydrogen (secondary N) is 2. The molecule has 0 spiro atoms. The summed E-state index contributed by atoms with van der Waals surface area (Å²) in [6, 6.07) is 11.7. The summed E-state index contributed by atoms with van der Waals surface area (Å²) in [5, 5.41) is 2.96. The van der Waals surface area contributed by atoms with Crippen molar-refractivity contribution >= 4 is 34.4 Å². The molecule has 1 saturated heterocycles. The van der Waals surface area contributed by atoms with Gasteiger partial charge in [0.1, 0.15) is 17.6 Å². The Balaban J connectivity index is 1.37. The van der Waals surface area contributed by atoms with Crippen molar-refractivity contribution in [2.45, 2.75) is 19.5 Å². The van der Waals surface area contributed by atoms with E-state index in [4.69, 9.17) is 11.6 Å². The second-order valence-electron chi connectivity index (χ2n) is 6.80. The lowest BCUT2D eigenvalue weighted by atomic mass is 10.1. The zero-order valence-electron chi connectivity index (χ0n) is 14.9. The smallest absolute Gasteiger partial charge is 0.235 e. The number of aromatic nitrogens is 2. The van der Waals surface area contributed by atoms with Crippen molar-refractivity contribution in [1.29, 1.82) is 0 Å². The van der Waals surface area contributed by atoms with Crippen LogP contribution in [0.25, 0.3) is 11.0 Å². The van der Waals surface area contributed by atoms with Gasteiger partial charge in [-0.1, -0.05) is 23.7 Å². The van der Waals surface area contributed by atoms with Crippen LogP contribution in [0.1, 0.15) is 17.8 Å². The number of amides is 2. The van der Waals surface area contributed by atoms with Crippen molar-refractivity contribution in [2.75, 3.05) is 6.54 Å². The quantitative estimate of drug-likeness (QED) is 0.646. The van der Waals surface area contributed by atoms with Crippen LogP contribution in [0.4, 0.5) is 4.39 Å². The minimum Gasteiger partial charge on any atom is -0.351 e. The molecule has 1 aromatic heterocycles. The third-order valence-corrected chi connectivity index (χ3v) is 5.00. The molecule has 2 aromatic carbocycles. The van der Waals surface area contributed by atoms with E-state index in [2.05, 4.69) is 15.3 Å². The highest BCUT2D eigenvalue weighted by molar-refractivity contribution is 6.30. The molecule has 0 saturated carbocycles. The van der Waals surface area contributed by atoms with E-state index in [-0.39, 0.29) is 23.4 Å². The first-order valence-corrected chi connectivity index (χ1v) is 9.32. The van der Waals surface area contributed by atoms with Gasteiger partial charge >= 0.3 is 0 Å². The number of para-hydroxylation sites is 2. The molecular weight excluding hydrogens is 383 g/mol. The van der Waals surface area contributed by atoms with Gasteiger partial charge in [-0.05, 0) is 42.3 Å². The maximum Gasteiger partial charge on any atom is 0.235 e. The number of hydrogen-bond donors (Lipinski definition) is 2. The highest BCUT2D eigenvalue weighted by Gasteiger charge is 2.37. The summed E-state index contributed by atoms with van der Waals surface area (Å²) >= 11 is 5.82. The molecule has 1 aliphatic heterocycles. The number of likely N-dealkylation sites (tertiary alicyclic amines) is 1. The van der Waals surface area contributed by atoms with Gasteiger partial charge in [0.25, 0.3) is 0 Å². The molecule has 2 amide bonds. The summed E-state index contributed by atoms with van der Waals surface area (Å²) in [5.41, 5.74) is 2.29. The van der Waals surface area contributed by atoms with Crippen LogP contribution in [0.5, 0.6) is 0 Å². The van der Waals surface area contributed by atoms with E-state index in [0.717, 1.165) is 11.0 Å². The summed E-state index contributed by atoms with van der Waals surface area (Å²) in [7, 11) is 0. The topological polar surface area (TPSA) is 78.1 Å². The third-order valence-electron chi connectivity index (χ3n) is 4.78. The molecule has 144 valence electrons. The molecule has 4 rings (SSSR count). The van der Waals surface area contributed by atoms with Crippen LogP contribution in [-0.4, -0.2) is 33.2 Å². The van der Waals surface area contributed by atoms with Crippen LogP contribution in [0.3, 0.4) is 0 Å². The standard InChI is InChI=1S/C20H18ClFN4O2/c21-13-7-12(8-14(22)9-13)10-23-19(27)15-5-6-26(20(15)28)11-18-24-16-3-1-2-4-17(16)25-18/h1-4,7-9,15H,5-6,10-11H2,(H,23,27)(H,24,25). The van der Waals surface area contributed by atoms with Crippen molar-refractivity contribution in [1.82, 2.24) is 20.2 Å². The number of aromatic amines is 1. The number of imidazole rings is 1. The lowest BCUT2D eigenvalue weighted by Crippen LogP contribution is -2.36. The molecule has 1 aliphatic rings. The molecule has 1 fully saturated rings. The highest BCUT2D eigenvalue weighted by Crippen LogP contribution is 2.21. The van der Waals surface area contributed by atoms with Crippen molar-refractivity contribution in [3.63, 3.8) is 0 Å². The molecule has 8 heteroatoms. The predicted octanol–water partition coefficient (Wildman–Crippen LogP) is 3.02. The van der Waals surface area contributed by atoms with Crippen LogP contribution >= 0.6 is 11.6 Å². The fourth-order valence-electron chi connectivity index (χ4n) is 3.43. The van der Waals surface area contributed by atoms with Gasteiger partial charge in [-0.25, -0.2) is 9.37 Å². The summed E-state index contributed by atoms with van der Waals surface area (Å²) in [6.45, 7) is 0.931. The first-order valence-electron chi connectivity index (χ1n) is 8.95. The number of H-pyrrole nitrogens is 1. The number of nitrogens with zero attached hydrogens (tertiary/aromatic N) is 2. The summed E-state index contributed by atoms with van der Waals surface area (Å²) in [4.78, 5) is 34.3. The van der Waals surface area contributed by atoms with Gasteiger partial charge in [-0.3, -0.25) is 9.59 Å². The van der Waals surface area contributed by atoms with Gasteiger partial charge in [0.15, 0.2) is 0 Å². The van der Waals surface area contributed by atoms with E-state index >= 15 is 0 Å². The molecule has 1 unspecified atom stereocenters. The molecule has 0 radical (unpaired) electrons. The van der Waals surface area contributed by atoms with Crippen LogP contribution in [-0.2, 0) is 22.7 Å². The summed E-state index contributed by atoms with van der Waals surface area (Å²) in [5.74, 6) is -1.11. The number of hydrogen-bond acceptors (Lipinski definition) is 3. The van der Waals surface area contributed by atoms with E-state index in [1.54, 1.807) is 11.0 Å². The van der Waals surface area contributed by atoms with E-state index < -0.39 is 11.7 Å². The number of fused-ring (bicyclic) bond motifs is 1. The Bertz CT molecular complexity index is 998. The Morgan fingerprint density at radius 1 is 1.32 bits per heavy atom. The summed E-state index contributed by atoms with van der Waals surface area (Å²) in [6.07, 6.45) is 0.439. The highest BCUT2D eigenvalue weighted by atomic mass is 35.5. The van der Waals surface area contributed by atoms with Crippen molar-refractivity contribution in [2.24, 2.45) is 5.92 Å². The lowest BCUT2D eigenvalue weighted by molar-refractivity contribution is -0.138. The Morgan fingerprint density at radius 2 is 2.14 bits per heavy atom. The second-order valence-corrected chi connectivity index (χ2v) is 7.23. The molecular formula is C20H18ClFN4O2. The lowest BCUT2D eigenvalue weighted by Gasteiger charge is -2.15. The number of carbonyl (C=O) groups is 2. The maximum absolute atomic E-state index is 13.4. The van der Waals surface area contributed by atoms with E-state index in [1.807, 2.05) is 24.3 Å². The molecule has 2 N–H and O–H groups in total. The maximum atomic E-state index is 13.4. The van der Waals surface area contributed by atoms with Crippen molar-refractivity contribution in [3.8, 4) is 0 Å². The Hall–Kier alpha value is -2.93. The normalized spacial score (nSPS) is 16.7. The molecule has 28 heavy (non-hydrogen) atoms. The van der Waals surface area contributed by atoms with E-state index in [1.165, 1.54) is 12.1 Å². The minimum atomic E-state index is -0.742. The van der Waals surface area contributed by atoms with Crippen molar-refractivity contribution < 1.29 is 14.0 Å². The molecule has 2 heterocycles. The van der Waals surface area contributed by atoms with Gasteiger partial charge in [0.05, 0.1) is 17.6 Å². The van der Waals surface area contributed by atoms with Crippen LogP contribution in [0.15, 0.2) is 42.5 Å². The van der Waals surface area contributed by atoms with E-state index in [9.17, 15) is 14.0 Å². The van der Waals surface area contributed by atoms with Crippen LogP contribution in [0, 0.1) is 11.7 Å². The zero-order chi connectivity index (χ0) is 19.7. The Kier molecular flexibility index (Phi) is 5.00. The predicted molar refractivity (Wildman–Crippen MR) is 103 cm³/mol. The minimum absolute atomic E-state index is 0.115. The number of carbonyl (C=O) groups excluding carboxylic acids is 2. The van der Waals surface area contributed by atoms with Crippen LogP contribution < -0.4 is 5.32 Å². The van der Waals surface area contributed by atoms with Gasteiger partial charge in [0, 0.05) is 18.1 Å². The first kappa shape index (κ1) is 18.4. The fraction of sp³-hybridized carbons (Fsp3) is 0.250. The van der Waals surface area contributed by atoms with Crippen molar-refractivity contribution in [3.05, 3.63) is 64.7 Å². The zero-order valence-corrected chi connectivity index (χ0v) is 15.7. The molecule has 0 bridgehead atoms. The SMILES string of the molecule is O=C(NCc1cc(F)cc(Cl)c1)C1CCN(Cc2nc3ccccc3[nH]2)C1=O. The average molecular weight is 401 g/mol. The Morgan fingerprint density at radius 3 is 2.93 bits per heavy atom. The monoisotopic (exact) mass is 400 g/mol. The number of rotatable bonds is 5. The third kappa shape index (κ3) is 3.84. The second kappa shape index (κ2) is 7.59. The van der Waals surface area contributed by atoms with Gasteiger partial charge in [-0.15, -0.1) is 0 Å². The van der Waals surface area contributed by atoms with Gasteiger partial charge < -0.3 is 15.2 Å². The first-order chi connectivity index (χ1) is 13.5. The Labute approximate surface area is 165 Å². The molecule has 3 aromatic rings. The summed E-state index contributed by atoms with van der Waals surface area (Å²) < 4.78 is 13.4. The molecule has 0 aliphatic carbocycles. The van der Waals surface area contributed by atoms with E-state index in [0.29, 0.717) is 30.9 Å². The largest absolute Gasteiger partial charge is 0.351 e. The van der Waals surface area contributed by atoms with Crippen LogP contribution in [0.2, 0.25) is 5.02 Å². The number of halogens is 2. The molecule has 1 atom stereocenters. The number of benzene rings is 2.